The summed E-state index contributed by atoms with van der Waals surface area (Å²) in [6.07, 6.45) is 0. The van der Waals surface area contributed by atoms with Crippen LogP contribution in [0.1, 0.15) is 35.1 Å². The van der Waals surface area contributed by atoms with Crippen LogP contribution in [0.2, 0.25) is 0 Å². The van der Waals surface area contributed by atoms with E-state index in [0.717, 1.165) is 10.0 Å². The average molecular weight is 354 g/mol. The summed E-state index contributed by atoms with van der Waals surface area (Å²) < 4.78 is 0.828. The molecule has 2 rings (SSSR count). The number of hydrogen-bond acceptors (Lipinski definition) is 3. The number of rotatable bonds is 4. The third-order valence-corrected chi connectivity index (χ3v) is 5.06. The van der Waals surface area contributed by atoms with E-state index in [1.165, 1.54) is 11.3 Å². The molecule has 0 saturated heterocycles. The van der Waals surface area contributed by atoms with Crippen molar-refractivity contribution in [1.82, 2.24) is 4.90 Å². The first kappa shape index (κ1) is 15.1. The lowest BCUT2D eigenvalue weighted by Crippen LogP contribution is -2.33. The number of halogens is 1. The van der Waals surface area contributed by atoms with Gasteiger partial charge in [-0.05, 0) is 58.9 Å². The fourth-order valence-electron chi connectivity index (χ4n) is 2.13. The summed E-state index contributed by atoms with van der Waals surface area (Å²) in [7, 11) is 0. The van der Waals surface area contributed by atoms with Crippen LogP contribution in [0.3, 0.4) is 0 Å². The van der Waals surface area contributed by atoms with Gasteiger partial charge in [0.1, 0.15) is 10.6 Å². The van der Waals surface area contributed by atoms with Gasteiger partial charge in [0, 0.05) is 11.0 Å². The smallest absolute Gasteiger partial charge is 0.265 e. The Morgan fingerprint density at radius 3 is 2.75 bits per heavy atom. The Bertz CT molecular complexity index is 611. The van der Waals surface area contributed by atoms with Gasteiger partial charge in [-0.2, -0.15) is 0 Å². The number of benzene rings is 1. The molecule has 0 aliphatic rings. The first-order valence-corrected chi connectivity index (χ1v) is 8.04. The van der Waals surface area contributed by atoms with Crippen molar-refractivity contribution in [3.05, 3.63) is 50.6 Å². The van der Waals surface area contributed by atoms with Crippen LogP contribution in [-0.2, 0) is 0 Å². The second-order valence-corrected chi connectivity index (χ2v) is 6.23. The molecule has 0 aliphatic heterocycles. The number of nitrogens with zero attached hydrogens (tertiary/aromatic N) is 1. The summed E-state index contributed by atoms with van der Waals surface area (Å²) in [4.78, 5) is 15.1. The fraction of sp³-hybridized carbons (Fsp3) is 0.267. The maximum Gasteiger partial charge on any atom is 0.265 e. The lowest BCUT2D eigenvalue weighted by atomic mass is 10.1. The largest absolute Gasteiger partial charge is 0.508 e. The minimum Gasteiger partial charge on any atom is -0.508 e. The predicted molar refractivity (Wildman–Crippen MR) is 85.3 cm³/mol. The van der Waals surface area contributed by atoms with E-state index in [4.69, 9.17) is 0 Å². The summed E-state index contributed by atoms with van der Waals surface area (Å²) in [5.74, 6) is 0.223. The number of thiophene rings is 1. The van der Waals surface area contributed by atoms with Gasteiger partial charge in [-0.1, -0.05) is 12.1 Å². The Balaban J connectivity index is 2.28. The van der Waals surface area contributed by atoms with Crippen LogP contribution in [0.15, 0.2) is 40.2 Å². The highest BCUT2D eigenvalue weighted by atomic mass is 79.9. The minimum atomic E-state index is -0.0893. The number of amides is 1. The number of aromatic hydroxyl groups is 1. The fourth-order valence-corrected chi connectivity index (χ4v) is 3.63. The minimum absolute atomic E-state index is 0.00483. The van der Waals surface area contributed by atoms with Crippen molar-refractivity contribution >= 4 is 33.2 Å². The zero-order valence-electron chi connectivity index (χ0n) is 11.3. The molecule has 1 unspecified atom stereocenters. The molecule has 0 fully saturated rings. The van der Waals surface area contributed by atoms with Gasteiger partial charge in [0.15, 0.2) is 0 Å². The molecule has 0 saturated carbocycles. The Morgan fingerprint density at radius 2 is 2.20 bits per heavy atom. The zero-order valence-corrected chi connectivity index (χ0v) is 13.7. The molecular weight excluding hydrogens is 338 g/mol. The van der Waals surface area contributed by atoms with Crippen LogP contribution in [0.25, 0.3) is 0 Å². The number of phenolic OH excluding ortho intramolecular Hbond substituents is 1. The molecule has 0 radical (unpaired) electrons. The topological polar surface area (TPSA) is 40.5 Å². The third-order valence-electron chi connectivity index (χ3n) is 3.23. The van der Waals surface area contributed by atoms with E-state index in [2.05, 4.69) is 15.9 Å². The molecule has 0 spiro atoms. The Hall–Kier alpha value is -1.33. The summed E-state index contributed by atoms with van der Waals surface area (Å²) in [6.45, 7) is 4.54. The SMILES string of the molecule is CCN(C(=O)c1sccc1Br)C(C)c1cccc(O)c1. The first-order chi connectivity index (χ1) is 9.54. The second-order valence-electron chi connectivity index (χ2n) is 4.46. The molecule has 1 aromatic heterocycles. The van der Waals surface area contributed by atoms with Gasteiger partial charge in [0.2, 0.25) is 0 Å². The molecule has 5 heteroatoms. The van der Waals surface area contributed by atoms with E-state index in [-0.39, 0.29) is 17.7 Å². The van der Waals surface area contributed by atoms with Gasteiger partial charge in [-0.3, -0.25) is 4.79 Å². The monoisotopic (exact) mass is 353 g/mol. The molecule has 1 amide bonds. The van der Waals surface area contributed by atoms with Crippen molar-refractivity contribution in [2.24, 2.45) is 0 Å². The highest BCUT2D eigenvalue weighted by Gasteiger charge is 2.23. The molecular formula is C15H16BrNO2S. The highest BCUT2D eigenvalue weighted by Crippen LogP contribution is 2.29. The van der Waals surface area contributed by atoms with Crippen molar-refractivity contribution in [3.8, 4) is 5.75 Å². The van der Waals surface area contributed by atoms with E-state index >= 15 is 0 Å². The molecule has 1 aromatic carbocycles. The second kappa shape index (κ2) is 6.41. The Kier molecular flexibility index (Phi) is 4.83. The molecule has 1 N–H and O–H groups in total. The third kappa shape index (κ3) is 3.04. The van der Waals surface area contributed by atoms with Gasteiger partial charge < -0.3 is 10.0 Å². The van der Waals surface area contributed by atoms with E-state index in [0.29, 0.717) is 11.4 Å². The van der Waals surface area contributed by atoms with Crippen LogP contribution >= 0.6 is 27.3 Å². The molecule has 0 bridgehead atoms. The maximum absolute atomic E-state index is 12.6. The molecule has 1 heterocycles. The van der Waals surface area contributed by atoms with Crippen LogP contribution < -0.4 is 0 Å². The number of carbonyl (C=O) groups excluding carboxylic acids is 1. The van der Waals surface area contributed by atoms with Gasteiger partial charge in [-0.15, -0.1) is 11.3 Å². The number of carbonyl (C=O) groups is 1. The quantitative estimate of drug-likeness (QED) is 0.882. The molecule has 0 aliphatic carbocycles. The standard InChI is InChI=1S/C15H16BrNO2S/c1-3-17(15(19)14-13(16)7-8-20-14)10(2)11-5-4-6-12(18)9-11/h4-10,18H,3H2,1-2H3. The number of hydrogen-bond donors (Lipinski definition) is 1. The molecule has 3 nitrogen and oxygen atoms in total. The summed E-state index contributed by atoms with van der Waals surface area (Å²) >= 11 is 4.83. The van der Waals surface area contributed by atoms with E-state index in [1.807, 2.05) is 31.4 Å². The summed E-state index contributed by atoms with van der Waals surface area (Å²) in [5.41, 5.74) is 0.924. The van der Waals surface area contributed by atoms with Gasteiger partial charge in [-0.25, -0.2) is 0 Å². The van der Waals surface area contributed by atoms with E-state index in [1.54, 1.807) is 23.1 Å². The van der Waals surface area contributed by atoms with E-state index in [9.17, 15) is 9.90 Å². The van der Waals surface area contributed by atoms with Crippen LogP contribution in [0, 0.1) is 0 Å². The lowest BCUT2D eigenvalue weighted by molar-refractivity contribution is 0.0706. The Labute approximate surface area is 131 Å². The molecule has 106 valence electrons. The van der Waals surface area contributed by atoms with Gasteiger partial charge >= 0.3 is 0 Å². The van der Waals surface area contributed by atoms with Crippen LogP contribution in [0.4, 0.5) is 0 Å². The van der Waals surface area contributed by atoms with Crippen molar-refractivity contribution in [2.75, 3.05) is 6.54 Å². The first-order valence-electron chi connectivity index (χ1n) is 6.37. The van der Waals surface area contributed by atoms with Crippen molar-refractivity contribution < 1.29 is 9.90 Å². The summed E-state index contributed by atoms with van der Waals surface area (Å²) in [5, 5.41) is 11.5. The average Bonchev–Trinajstić information content (AvgIpc) is 2.85. The van der Waals surface area contributed by atoms with Crippen LogP contribution in [-0.4, -0.2) is 22.5 Å². The predicted octanol–water partition coefficient (Wildman–Crippen LogP) is 4.44. The van der Waals surface area contributed by atoms with Gasteiger partial charge in [0.05, 0.1) is 6.04 Å². The molecule has 20 heavy (non-hydrogen) atoms. The van der Waals surface area contributed by atoms with Crippen molar-refractivity contribution in [3.63, 3.8) is 0 Å². The maximum atomic E-state index is 12.6. The molecule has 2 aromatic rings. The molecule has 1 atom stereocenters. The normalized spacial score (nSPS) is 12.2. The highest BCUT2D eigenvalue weighted by molar-refractivity contribution is 9.10. The lowest BCUT2D eigenvalue weighted by Gasteiger charge is -2.28. The zero-order chi connectivity index (χ0) is 14.7. The number of phenols is 1. The van der Waals surface area contributed by atoms with Gasteiger partial charge in [0.25, 0.3) is 5.91 Å². The van der Waals surface area contributed by atoms with E-state index < -0.39 is 0 Å². The Morgan fingerprint density at radius 1 is 1.45 bits per heavy atom. The van der Waals surface area contributed by atoms with Crippen LogP contribution in [0.5, 0.6) is 5.75 Å². The van der Waals surface area contributed by atoms with Crippen molar-refractivity contribution in [2.45, 2.75) is 19.9 Å². The van der Waals surface area contributed by atoms with Crippen molar-refractivity contribution in [1.29, 1.82) is 0 Å². The summed E-state index contributed by atoms with van der Waals surface area (Å²) in [6, 6.07) is 8.83.